The number of aryl methyl sites for hydroxylation is 3. The van der Waals surface area contributed by atoms with Crippen LogP contribution in [-0.2, 0) is 0 Å². The first-order chi connectivity index (χ1) is 10.5. The Morgan fingerprint density at radius 3 is 2.27 bits per heavy atom. The minimum Gasteiger partial charge on any atom is -0.478 e. The fourth-order valence-corrected chi connectivity index (χ4v) is 2.80. The van der Waals surface area contributed by atoms with Crippen LogP contribution in [0.3, 0.4) is 0 Å². The largest absolute Gasteiger partial charge is 0.478 e. The summed E-state index contributed by atoms with van der Waals surface area (Å²) < 4.78 is 0. The molecule has 0 unspecified atom stereocenters. The Bertz CT molecular complexity index is 880. The van der Waals surface area contributed by atoms with Crippen LogP contribution in [-0.4, -0.2) is 16.1 Å². The van der Waals surface area contributed by atoms with Gasteiger partial charge in [0.1, 0.15) is 0 Å². The zero-order valence-corrected chi connectivity index (χ0v) is 12.8. The van der Waals surface area contributed by atoms with Crippen molar-refractivity contribution in [3.05, 3.63) is 64.7 Å². The number of aromatic nitrogens is 1. The van der Waals surface area contributed by atoms with Crippen LogP contribution in [0.1, 0.15) is 27.0 Å². The van der Waals surface area contributed by atoms with E-state index in [-0.39, 0.29) is 0 Å². The summed E-state index contributed by atoms with van der Waals surface area (Å²) >= 11 is 0. The molecule has 3 nitrogen and oxygen atoms in total. The van der Waals surface area contributed by atoms with E-state index in [1.54, 1.807) is 6.07 Å². The third kappa shape index (κ3) is 2.46. The summed E-state index contributed by atoms with van der Waals surface area (Å²) in [6.07, 6.45) is 0. The molecule has 0 atom stereocenters. The number of rotatable bonds is 2. The molecule has 1 aromatic heterocycles. The number of aromatic carboxylic acids is 1. The van der Waals surface area contributed by atoms with E-state index in [4.69, 9.17) is 0 Å². The Hall–Kier alpha value is -2.68. The minimum atomic E-state index is -0.923. The molecule has 2 aromatic carbocycles. The average Bonchev–Trinajstić information content (AvgIpc) is 2.46. The van der Waals surface area contributed by atoms with E-state index in [9.17, 15) is 9.90 Å². The van der Waals surface area contributed by atoms with Crippen molar-refractivity contribution in [2.45, 2.75) is 20.8 Å². The van der Waals surface area contributed by atoms with E-state index in [0.717, 1.165) is 27.8 Å². The van der Waals surface area contributed by atoms with Gasteiger partial charge in [-0.25, -0.2) is 9.78 Å². The lowest BCUT2D eigenvalue weighted by molar-refractivity contribution is 0.0699. The first kappa shape index (κ1) is 14.3. The maximum atomic E-state index is 11.7. The number of pyridine rings is 1. The fourth-order valence-electron chi connectivity index (χ4n) is 2.80. The minimum absolute atomic E-state index is 0.304. The summed E-state index contributed by atoms with van der Waals surface area (Å²) in [7, 11) is 0. The molecular formula is C19H17NO2. The summed E-state index contributed by atoms with van der Waals surface area (Å²) in [5.74, 6) is -0.923. The number of benzene rings is 2. The van der Waals surface area contributed by atoms with Crippen LogP contribution in [0.4, 0.5) is 0 Å². The molecule has 1 N–H and O–H groups in total. The Balaban J connectivity index is 2.34. The molecule has 1 heterocycles. The zero-order chi connectivity index (χ0) is 15.9. The number of carbonyl (C=O) groups is 1. The van der Waals surface area contributed by atoms with Crippen LogP contribution in [0.15, 0.2) is 42.5 Å². The quantitative estimate of drug-likeness (QED) is 0.755. The number of carboxylic acid groups (broad SMARTS) is 1. The number of carboxylic acids is 1. The second kappa shape index (κ2) is 5.26. The molecule has 0 aliphatic heterocycles. The van der Waals surface area contributed by atoms with Crippen LogP contribution in [0, 0.1) is 20.8 Å². The summed E-state index contributed by atoms with van der Waals surface area (Å²) in [4.78, 5) is 16.3. The topological polar surface area (TPSA) is 50.2 Å². The molecule has 22 heavy (non-hydrogen) atoms. The van der Waals surface area contributed by atoms with E-state index >= 15 is 0 Å². The molecule has 110 valence electrons. The van der Waals surface area contributed by atoms with Crippen molar-refractivity contribution in [1.29, 1.82) is 0 Å². The highest BCUT2D eigenvalue weighted by atomic mass is 16.4. The molecule has 0 amide bonds. The van der Waals surface area contributed by atoms with E-state index in [2.05, 4.69) is 4.98 Å². The Morgan fingerprint density at radius 2 is 1.64 bits per heavy atom. The first-order valence-electron chi connectivity index (χ1n) is 7.18. The summed E-state index contributed by atoms with van der Waals surface area (Å²) in [5, 5.41) is 10.3. The molecule has 3 heteroatoms. The van der Waals surface area contributed by atoms with Gasteiger partial charge < -0.3 is 5.11 Å². The molecule has 0 radical (unpaired) electrons. The fraction of sp³-hybridized carbons (Fsp3) is 0.158. The summed E-state index contributed by atoms with van der Waals surface area (Å²) in [6, 6.07) is 13.5. The maximum absolute atomic E-state index is 11.7. The lowest BCUT2D eigenvalue weighted by Crippen LogP contribution is -2.02. The highest BCUT2D eigenvalue weighted by molar-refractivity contribution is 6.05. The maximum Gasteiger partial charge on any atom is 0.336 e. The smallest absolute Gasteiger partial charge is 0.336 e. The zero-order valence-electron chi connectivity index (χ0n) is 12.8. The van der Waals surface area contributed by atoms with Gasteiger partial charge in [0.15, 0.2) is 0 Å². The third-order valence-electron chi connectivity index (χ3n) is 3.83. The number of fused-ring (bicyclic) bond motifs is 1. The predicted molar refractivity (Wildman–Crippen MR) is 88.3 cm³/mol. The van der Waals surface area contributed by atoms with Gasteiger partial charge >= 0.3 is 5.97 Å². The highest BCUT2D eigenvalue weighted by Gasteiger charge is 2.15. The lowest BCUT2D eigenvalue weighted by Gasteiger charge is -2.10. The van der Waals surface area contributed by atoms with Crippen LogP contribution in [0.2, 0.25) is 0 Å². The monoisotopic (exact) mass is 291 g/mol. The molecule has 0 aliphatic rings. The predicted octanol–water partition coefficient (Wildman–Crippen LogP) is 4.53. The van der Waals surface area contributed by atoms with Gasteiger partial charge in [-0.15, -0.1) is 0 Å². The number of hydrogen-bond acceptors (Lipinski definition) is 2. The van der Waals surface area contributed by atoms with E-state index in [0.29, 0.717) is 16.6 Å². The summed E-state index contributed by atoms with van der Waals surface area (Å²) in [5.41, 5.74) is 5.83. The van der Waals surface area contributed by atoms with Gasteiger partial charge in [-0.3, -0.25) is 0 Å². The SMILES string of the molecule is Cc1ccc(-c2cc(C(=O)O)c3c(C)cc(C)cc3n2)cc1. The second-order valence-corrected chi connectivity index (χ2v) is 5.70. The second-order valence-electron chi connectivity index (χ2n) is 5.70. The van der Waals surface area contributed by atoms with Crippen LogP contribution in [0.5, 0.6) is 0 Å². The van der Waals surface area contributed by atoms with E-state index in [1.165, 1.54) is 0 Å². The van der Waals surface area contributed by atoms with Crippen molar-refractivity contribution >= 4 is 16.9 Å². The van der Waals surface area contributed by atoms with Gasteiger partial charge in [-0.2, -0.15) is 0 Å². The van der Waals surface area contributed by atoms with Gasteiger partial charge in [0.05, 0.1) is 16.8 Å². The lowest BCUT2D eigenvalue weighted by atomic mass is 9.99. The molecule has 0 bridgehead atoms. The molecular weight excluding hydrogens is 274 g/mol. The molecule has 3 rings (SSSR count). The van der Waals surface area contributed by atoms with Crippen molar-refractivity contribution < 1.29 is 9.90 Å². The normalized spacial score (nSPS) is 10.9. The molecule has 0 fully saturated rings. The van der Waals surface area contributed by atoms with E-state index in [1.807, 2.05) is 57.2 Å². The Labute approximate surface area is 129 Å². The number of nitrogens with zero attached hydrogens (tertiary/aromatic N) is 1. The van der Waals surface area contributed by atoms with Gasteiger partial charge in [0.25, 0.3) is 0 Å². The molecule has 3 aromatic rings. The first-order valence-corrected chi connectivity index (χ1v) is 7.18. The van der Waals surface area contributed by atoms with Crippen LogP contribution >= 0.6 is 0 Å². The number of hydrogen-bond donors (Lipinski definition) is 1. The highest BCUT2D eigenvalue weighted by Crippen LogP contribution is 2.28. The average molecular weight is 291 g/mol. The van der Waals surface area contributed by atoms with Crippen molar-refractivity contribution in [3.63, 3.8) is 0 Å². The molecule has 0 aliphatic carbocycles. The van der Waals surface area contributed by atoms with Crippen molar-refractivity contribution in [2.75, 3.05) is 0 Å². The van der Waals surface area contributed by atoms with Crippen LogP contribution < -0.4 is 0 Å². The molecule has 0 saturated heterocycles. The Kier molecular flexibility index (Phi) is 3.41. The molecule has 0 spiro atoms. The van der Waals surface area contributed by atoms with Gasteiger partial charge in [-0.1, -0.05) is 35.9 Å². The van der Waals surface area contributed by atoms with Gasteiger partial charge in [0.2, 0.25) is 0 Å². The van der Waals surface area contributed by atoms with Crippen LogP contribution in [0.25, 0.3) is 22.2 Å². The standard InChI is InChI=1S/C19H17NO2/c1-11-4-6-14(7-5-11)16-10-15(19(21)22)18-13(3)8-12(2)9-17(18)20-16/h4-10H,1-3H3,(H,21,22). The van der Waals surface area contributed by atoms with Crippen molar-refractivity contribution in [1.82, 2.24) is 4.98 Å². The Morgan fingerprint density at radius 1 is 0.955 bits per heavy atom. The third-order valence-corrected chi connectivity index (χ3v) is 3.83. The van der Waals surface area contributed by atoms with Gasteiger partial charge in [0, 0.05) is 10.9 Å². The molecule has 0 saturated carbocycles. The van der Waals surface area contributed by atoms with Crippen molar-refractivity contribution in [2.24, 2.45) is 0 Å². The van der Waals surface area contributed by atoms with E-state index < -0.39 is 5.97 Å². The van der Waals surface area contributed by atoms with Crippen molar-refractivity contribution in [3.8, 4) is 11.3 Å². The summed E-state index contributed by atoms with van der Waals surface area (Å²) in [6.45, 7) is 5.94. The van der Waals surface area contributed by atoms with Gasteiger partial charge in [-0.05, 0) is 44.0 Å².